The van der Waals surface area contributed by atoms with E-state index in [9.17, 15) is 0 Å². The van der Waals surface area contributed by atoms with E-state index in [1.165, 1.54) is 32.3 Å². The van der Waals surface area contributed by atoms with Gasteiger partial charge in [-0.05, 0) is 146 Å². The van der Waals surface area contributed by atoms with Crippen LogP contribution in [0.5, 0.6) is 0 Å². The molecule has 0 unspecified atom stereocenters. The lowest BCUT2D eigenvalue weighted by Crippen LogP contribution is -1.91. The summed E-state index contributed by atoms with van der Waals surface area (Å²) in [5.74, 6) is 0. The summed E-state index contributed by atoms with van der Waals surface area (Å²) in [6.07, 6.45) is 23.3. The van der Waals surface area contributed by atoms with Crippen LogP contribution < -0.4 is 0 Å². The minimum atomic E-state index is 0.811. The van der Waals surface area contributed by atoms with Gasteiger partial charge in [-0.15, -0.1) is 0 Å². The Balaban J connectivity index is 1.13. The first-order chi connectivity index (χ1) is 31.7. The molecular weight excluding hydrogens is 785 g/mol. The van der Waals surface area contributed by atoms with Crippen LogP contribution >= 0.6 is 0 Å². The van der Waals surface area contributed by atoms with Crippen molar-refractivity contribution in [3.63, 3.8) is 0 Å². The van der Waals surface area contributed by atoms with E-state index in [0.717, 1.165) is 100 Å². The second-order valence-electron chi connectivity index (χ2n) is 16.1. The molecule has 64 heavy (non-hydrogen) atoms. The lowest BCUT2D eigenvalue weighted by molar-refractivity contribution is 1.29. The molecule has 0 fully saturated rings. The molecule has 8 nitrogen and oxygen atoms in total. The topological polar surface area (TPSA) is 109 Å². The Bertz CT molecular complexity index is 3830. The number of nitrogens with zero attached hydrogens (tertiary/aromatic N) is 6. The lowest BCUT2D eigenvalue weighted by atomic mass is 9.90. The van der Waals surface area contributed by atoms with Crippen LogP contribution in [-0.4, -0.2) is 39.9 Å². The van der Waals surface area contributed by atoms with E-state index < -0.39 is 0 Å². The number of rotatable bonds is 5. The van der Waals surface area contributed by atoms with Gasteiger partial charge in [-0.2, -0.15) is 0 Å². The third kappa shape index (κ3) is 5.77. The van der Waals surface area contributed by atoms with Gasteiger partial charge in [-0.25, -0.2) is 9.97 Å². The number of hydrogen-bond donors (Lipinski definition) is 2. The molecule has 4 aromatic carbocycles. The van der Waals surface area contributed by atoms with Gasteiger partial charge in [0.15, 0.2) is 0 Å². The predicted octanol–water partition coefficient (Wildman–Crippen LogP) is 13.5. The van der Waals surface area contributed by atoms with Gasteiger partial charge in [-0.1, -0.05) is 54.6 Å². The Morgan fingerprint density at radius 3 is 1.22 bits per heavy atom. The van der Waals surface area contributed by atoms with Crippen LogP contribution in [0.15, 0.2) is 171 Å². The van der Waals surface area contributed by atoms with Gasteiger partial charge in [0.2, 0.25) is 0 Å². The number of H-pyrrole nitrogens is 2. The normalized spacial score (nSPS) is 12.2. The fraction of sp³-hybridized carbons (Fsp3) is 0. The van der Waals surface area contributed by atoms with Crippen LogP contribution in [0.25, 0.3) is 134 Å². The summed E-state index contributed by atoms with van der Waals surface area (Å²) in [7, 11) is 0. The molecule has 11 aromatic rings. The number of aromatic nitrogens is 8. The molecule has 2 aliphatic rings. The van der Waals surface area contributed by atoms with E-state index in [1.54, 1.807) is 0 Å². The molecule has 0 radical (unpaired) electrons. The Kier molecular flexibility index (Phi) is 8.04. The number of fused-ring (bicyclic) bond motifs is 8. The molecule has 2 aliphatic heterocycles. The Morgan fingerprint density at radius 2 is 0.734 bits per heavy atom. The van der Waals surface area contributed by atoms with E-state index in [2.05, 4.69) is 134 Å². The van der Waals surface area contributed by atoms with Crippen molar-refractivity contribution in [1.82, 2.24) is 39.9 Å². The molecule has 13 rings (SSSR count). The van der Waals surface area contributed by atoms with Gasteiger partial charge in [0.1, 0.15) is 0 Å². The molecule has 298 valence electrons. The van der Waals surface area contributed by atoms with Crippen molar-refractivity contribution in [2.75, 3.05) is 0 Å². The lowest BCUT2D eigenvalue weighted by Gasteiger charge is -2.14. The summed E-state index contributed by atoms with van der Waals surface area (Å²) in [6.45, 7) is 0. The Labute approximate surface area is 366 Å². The second kappa shape index (κ2) is 14.4. The Morgan fingerprint density at radius 1 is 0.328 bits per heavy atom. The van der Waals surface area contributed by atoms with E-state index in [-0.39, 0.29) is 0 Å². The predicted molar refractivity (Wildman–Crippen MR) is 261 cm³/mol. The highest BCUT2D eigenvalue weighted by Crippen LogP contribution is 2.42. The van der Waals surface area contributed by atoms with Crippen molar-refractivity contribution >= 4 is 78.7 Å². The van der Waals surface area contributed by atoms with E-state index >= 15 is 0 Å². The molecule has 0 amide bonds. The number of nitrogens with one attached hydrogen (secondary N) is 2. The zero-order valence-electron chi connectivity index (χ0n) is 34.2. The van der Waals surface area contributed by atoms with Crippen LogP contribution in [0, 0.1) is 0 Å². The highest BCUT2D eigenvalue weighted by atomic mass is 14.8. The summed E-state index contributed by atoms with van der Waals surface area (Å²) in [5.41, 5.74) is 16.8. The van der Waals surface area contributed by atoms with E-state index in [0.29, 0.717) is 0 Å². The third-order valence-corrected chi connectivity index (χ3v) is 12.5. The standard InChI is InChI=1S/C56H34N8/c1-2-33-4-5-35-6-8-41(42-9-7-34(3-1)51(33)52(35)42)39-30-40(32-60-31-39)56-49-16-14-47(63-49)54(37-20-26-58-27-21-37)45-12-10-43(61-45)53(36-18-24-57-25-19-36)44-11-13-46(62-44)55(38-22-28-59-29-23-38)48-15-17-50(56)64-48/h1-32,61,64H. The number of aromatic amines is 2. The first-order valence-electron chi connectivity index (χ1n) is 21.2. The van der Waals surface area contributed by atoms with Gasteiger partial charge in [0.25, 0.3) is 0 Å². The molecule has 2 N–H and O–H groups in total. The minimum absolute atomic E-state index is 0.811. The van der Waals surface area contributed by atoms with Gasteiger partial charge in [0, 0.05) is 105 Å². The fourth-order valence-corrected chi connectivity index (χ4v) is 9.69. The van der Waals surface area contributed by atoms with Crippen LogP contribution in [0.3, 0.4) is 0 Å². The summed E-state index contributed by atoms with van der Waals surface area (Å²) >= 11 is 0. The number of hydrogen-bond acceptors (Lipinski definition) is 6. The highest BCUT2D eigenvalue weighted by molar-refractivity contribution is 6.25. The van der Waals surface area contributed by atoms with Gasteiger partial charge >= 0.3 is 0 Å². The maximum Gasteiger partial charge on any atom is 0.0737 e. The van der Waals surface area contributed by atoms with Crippen molar-refractivity contribution in [3.05, 3.63) is 194 Å². The molecule has 8 heteroatoms. The van der Waals surface area contributed by atoms with Gasteiger partial charge in [0.05, 0.1) is 22.8 Å². The smallest absolute Gasteiger partial charge is 0.0737 e. The first kappa shape index (κ1) is 35.8. The molecular formula is C56H34N8. The zero-order valence-corrected chi connectivity index (χ0v) is 34.2. The fourth-order valence-electron chi connectivity index (χ4n) is 9.69. The zero-order chi connectivity index (χ0) is 42.1. The summed E-state index contributed by atoms with van der Waals surface area (Å²) in [6, 6.07) is 42.9. The maximum atomic E-state index is 5.49. The van der Waals surface area contributed by atoms with Gasteiger partial charge < -0.3 is 9.97 Å². The Hall–Kier alpha value is -8.88. The van der Waals surface area contributed by atoms with Gasteiger partial charge in [-0.3, -0.25) is 19.9 Å². The van der Waals surface area contributed by atoms with Crippen molar-refractivity contribution in [2.45, 2.75) is 0 Å². The third-order valence-electron chi connectivity index (χ3n) is 12.5. The summed E-state index contributed by atoms with van der Waals surface area (Å²) < 4.78 is 0. The molecule has 0 aliphatic carbocycles. The number of pyridine rings is 4. The monoisotopic (exact) mass is 818 g/mol. The van der Waals surface area contributed by atoms with Crippen LogP contribution in [-0.2, 0) is 0 Å². The molecule has 0 spiro atoms. The average molecular weight is 819 g/mol. The molecule has 8 bridgehead atoms. The maximum absolute atomic E-state index is 5.49. The average Bonchev–Trinajstić information content (AvgIpc) is 4.21. The summed E-state index contributed by atoms with van der Waals surface area (Å²) in [4.78, 5) is 36.5. The van der Waals surface area contributed by atoms with Crippen molar-refractivity contribution in [2.24, 2.45) is 0 Å². The quantitative estimate of drug-likeness (QED) is 0.167. The van der Waals surface area contributed by atoms with Crippen molar-refractivity contribution < 1.29 is 0 Å². The molecule has 0 saturated carbocycles. The second-order valence-corrected chi connectivity index (χ2v) is 16.1. The largest absolute Gasteiger partial charge is 0.354 e. The van der Waals surface area contributed by atoms with E-state index in [4.69, 9.17) is 15.0 Å². The molecule has 0 atom stereocenters. The van der Waals surface area contributed by atoms with Crippen LogP contribution in [0.4, 0.5) is 0 Å². The summed E-state index contributed by atoms with van der Waals surface area (Å²) in [5, 5.41) is 7.46. The molecule has 9 heterocycles. The highest BCUT2D eigenvalue weighted by Gasteiger charge is 2.20. The van der Waals surface area contributed by atoms with Crippen molar-refractivity contribution in [1.29, 1.82) is 0 Å². The SMILES string of the molecule is C1=Cc2nc1c(-c1ccncc1)c1ccc([nH]1)c(-c1ccncc1)c1nc(c(-c3cncc(-c4ccc5ccc6cccc7ccc4c5c67)c3)c3ccc([nH]3)c2-c2ccncc2)C=C1. The van der Waals surface area contributed by atoms with Crippen molar-refractivity contribution in [3.8, 4) is 55.6 Å². The minimum Gasteiger partial charge on any atom is -0.354 e. The van der Waals surface area contributed by atoms with E-state index in [1.807, 2.05) is 86.0 Å². The molecule has 7 aromatic heterocycles. The number of benzene rings is 4. The first-order valence-corrected chi connectivity index (χ1v) is 21.2. The molecule has 0 saturated heterocycles. The van der Waals surface area contributed by atoms with Crippen LogP contribution in [0.1, 0.15) is 22.8 Å². The van der Waals surface area contributed by atoms with Crippen LogP contribution in [0.2, 0.25) is 0 Å².